The van der Waals surface area contributed by atoms with Crippen molar-refractivity contribution in [1.29, 1.82) is 0 Å². The molecular weight excluding hydrogens is 301 g/mol. The van der Waals surface area contributed by atoms with Crippen LogP contribution in [0.3, 0.4) is 0 Å². The van der Waals surface area contributed by atoms with Gasteiger partial charge < -0.3 is 0 Å². The van der Waals surface area contributed by atoms with Gasteiger partial charge in [0.1, 0.15) is 5.82 Å². The van der Waals surface area contributed by atoms with E-state index in [9.17, 15) is 19.3 Å². The number of benzene rings is 2. The van der Waals surface area contributed by atoms with E-state index in [-0.39, 0.29) is 17.1 Å². The average molecular weight is 311 g/mol. The summed E-state index contributed by atoms with van der Waals surface area (Å²) in [6, 6.07) is 14.1. The van der Waals surface area contributed by atoms with Gasteiger partial charge in [0.05, 0.1) is 16.3 Å². The van der Waals surface area contributed by atoms with E-state index in [1.807, 2.05) is 0 Å². The molecule has 0 unspecified atom stereocenters. The molecule has 7 heteroatoms. The SMILES string of the molecule is O=c1ccc(-c2ccc(F)cc2)nn1-c1ccc([N+](=O)[O-])cc1. The number of aromatic nitrogens is 2. The topological polar surface area (TPSA) is 78.0 Å². The second kappa shape index (κ2) is 5.80. The van der Waals surface area contributed by atoms with Crippen molar-refractivity contribution < 1.29 is 9.31 Å². The smallest absolute Gasteiger partial charge is 0.267 e. The zero-order valence-electron chi connectivity index (χ0n) is 11.7. The molecule has 6 nitrogen and oxygen atoms in total. The monoisotopic (exact) mass is 311 g/mol. The van der Waals surface area contributed by atoms with Crippen molar-refractivity contribution in [2.24, 2.45) is 0 Å². The molecule has 0 atom stereocenters. The van der Waals surface area contributed by atoms with Crippen molar-refractivity contribution in [2.45, 2.75) is 0 Å². The molecule has 0 saturated carbocycles. The first-order valence-electron chi connectivity index (χ1n) is 6.66. The summed E-state index contributed by atoms with van der Waals surface area (Å²) in [5, 5.41) is 14.9. The van der Waals surface area contributed by atoms with Crippen LogP contribution in [-0.4, -0.2) is 14.7 Å². The van der Waals surface area contributed by atoms with Crippen LogP contribution < -0.4 is 5.56 Å². The van der Waals surface area contributed by atoms with Gasteiger partial charge in [-0.3, -0.25) is 14.9 Å². The maximum absolute atomic E-state index is 13.0. The molecule has 3 aromatic rings. The van der Waals surface area contributed by atoms with Crippen LogP contribution in [0.2, 0.25) is 0 Å². The second-order valence-corrected chi connectivity index (χ2v) is 4.75. The van der Waals surface area contributed by atoms with E-state index in [1.165, 1.54) is 48.5 Å². The summed E-state index contributed by atoms with van der Waals surface area (Å²) in [5.41, 5.74) is 1.11. The van der Waals surface area contributed by atoms with Gasteiger partial charge in [-0.2, -0.15) is 9.78 Å². The lowest BCUT2D eigenvalue weighted by atomic mass is 10.1. The number of hydrogen-bond donors (Lipinski definition) is 0. The molecule has 2 aromatic carbocycles. The quantitative estimate of drug-likeness (QED) is 0.550. The van der Waals surface area contributed by atoms with Crippen LogP contribution >= 0.6 is 0 Å². The van der Waals surface area contributed by atoms with E-state index in [1.54, 1.807) is 12.1 Å². The van der Waals surface area contributed by atoms with E-state index in [2.05, 4.69) is 5.10 Å². The summed E-state index contributed by atoms with van der Waals surface area (Å²) in [4.78, 5) is 22.1. The molecule has 0 bridgehead atoms. The molecule has 0 radical (unpaired) electrons. The summed E-state index contributed by atoms with van der Waals surface area (Å²) in [6.45, 7) is 0. The molecule has 23 heavy (non-hydrogen) atoms. The summed E-state index contributed by atoms with van der Waals surface area (Å²) in [5.74, 6) is -0.363. The number of hydrogen-bond acceptors (Lipinski definition) is 4. The van der Waals surface area contributed by atoms with Crippen LogP contribution in [0.15, 0.2) is 65.5 Å². The van der Waals surface area contributed by atoms with Gasteiger partial charge in [-0.25, -0.2) is 4.39 Å². The number of nitro benzene ring substituents is 1. The van der Waals surface area contributed by atoms with Crippen molar-refractivity contribution in [2.75, 3.05) is 0 Å². The molecule has 0 saturated heterocycles. The fourth-order valence-corrected chi connectivity index (χ4v) is 2.09. The molecule has 0 spiro atoms. The van der Waals surface area contributed by atoms with Crippen molar-refractivity contribution in [3.05, 3.63) is 86.9 Å². The number of rotatable bonds is 3. The van der Waals surface area contributed by atoms with Gasteiger partial charge >= 0.3 is 0 Å². The van der Waals surface area contributed by atoms with Gasteiger partial charge in [-0.15, -0.1) is 0 Å². The molecule has 0 fully saturated rings. The number of nitro groups is 1. The molecule has 3 rings (SSSR count). The lowest BCUT2D eigenvalue weighted by Gasteiger charge is -2.07. The highest BCUT2D eigenvalue weighted by Crippen LogP contribution is 2.18. The predicted octanol–water partition coefficient (Wildman–Crippen LogP) is 2.95. The minimum absolute atomic E-state index is 0.0727. The Morgan fingerprint density at radius 3 is 2.22 bits per heavy atom. The van der Waals surface area contributed by atoms with Crippen molar-refractivity contribution >= 4 is 5.69 Å². The standard InChI is InChI=1S/C16H10FN3O3/c17-12-3-1-11(2-4-12)15-9-10-16(21)19(18-15)13-5-7-14(8-6-13)20(22)23/h1-10H. The highest BCUT2D eigenvalue weighted by molar-refractivity contribution is 5.58. The molecule has 1 aromatic heterocycles. The van der Waals surface area contributed by atoms with Gasteiger partial charge in [-0.05, 0) is 42.5 Å². The van der Waals surface area contributed by atoms with Crippen LogP contribution in [0.25, 0.3) is 16.9 Å². The maximum Gasteiger partial charge on any atom is 0.271 e. The Labute approximate surface area is 129 Å². The first-order chi connectivity index (χ1) is 11.0. The Kier molecular flexibility index (Phi) is 3.68. The molecular formula is C16H10FN3O3. The molecule has 0 amide bonds. The highest BCUT2D eigenvalue weighted by atomic mass is 19.1. The Morgan fingerprint density at radius 1 is 0.957 bits per heavy atom. The lowest BCUT2D eigenvalue weighted by molar-refractivity contribution is -0.384. The van der Waals surface area contributed by atoms with E-state index in [0.29, 0.717) is 16.9 Å². The molecule has 0 N–H and O–H groups in total. The Bertz CT molecular complexity index is 919. The minimum atomic E-state index is -0.519. The summed E-state index contributed by atoms with van der Waals surface area (Å²) < 4.78 is 14.1. The normalized spacial score (nSPS) is 10.5. The van der Waals surface area contributed by atoms with Crippen molar-refractivity contribution in [3.63, 3.8) is 0 Å². The zero-order valence-corrected chi connectivity index (χ0v) is 11.7. The predicted molar refractivity (Wildman–Crippen MR) is 81.9 cm³/mol. The molecule has 0 aliphatic rings. The van der Waals surface area contributed by atoms with Gasteiger partial charge in [0.25, 0.3) is 11.2 Å². The maximum atomic E-state index is 13.0. The first kappa shape index (κ1) is 14.6. The van der Waals surface area contributed by atoms with Crippen LogP contribution in [-0.2, 0) is 0 Å². The summed E-state index contributed by atoms with van der Waals surface area (Å²) in [6.07, 6.45) is 0. The summed E-state index contributed by atoms with van der Waals surface area (Å²) in [7, 11) is 0. The molecule has 1 heterocycles. The largest absolute Gasteiger partial charge is 0.271 e. The number of halogens is 1. The molecule has 114 valence electrons. The average Bonchev–Trinajstić information content (AvgIpc) is 2.56. The fraction of sp³-hybridized carbons (Fsp3) is 0. The van der Waals surface area contributed by atoms with Crippen LogP contribution in [0, 0.1) is 15.9 Å². The van der Waals surface area contributed by atoms with Crippen LogP contribution in [0.1, 0.15) is 0 Å². The van der Waals surface area contributed by atoms with E-state index >= 15 is 0 Å². The first-order valence-corrected chi connectivity index (χ1v) is 6.66. The van der Waals surface area contributed by atoms with Gasteiger partial charge in [0, 0.05) is 23.8 Å². The van der Waals surface area contributed by atoms with E-state index in [4.69, 9.17) is 0 Å². The van der Waals surface area contributed by atoms with Gasteiger partial charge in [0.15, 0.2) is 0 Å². The third-order valence-corrected chi connectivity index (χ3v) is 3.25. The van der Waals surface area contributed by atoms with Crippen molar-refractivity contribution in [3.8, 4) is 16.9 Å². The van der Waals surface area contributed by atoms with E-state index < -0.39 is 4.92 Å². The minimum Gasteiger partial charge on any atom is -0.267 e. The summed E-state index contributed by atoms with van der Waals surface area (Å²) >= 11 is 0. The third-order valence-electron chi connectivity index (χ3n) is 3.25. The van der Waals surface area contributed by atoms with Gasteiger partial charge in [0.2, 0.25) is 0 Å². The lowest BCUT2D eigenvalue weighted by Crippen LogP contribution is -2.20. The number of nitrogens with zero attached hydrogens (tertiary/aromatic N) is 3. The zero-order chi connectivity index (χ0) is 16.4. The Balaban J connectivity index is 2.05. The van der Waals surface area contributed by atoms with Crippen LogP contribution in [0.4, 0.5) is 10.1 Å². The van der Waals surface area contributed by atoms with E-state index in [0.717, 1.165) is 4.68 Å². The number of non-ortho nitro benzene ring substituents is 1. The van der Waals surface area contributed by atoms with Gasteiger partial charge in [-0.1, -0.05) is 0 Å². The Hall–Kier alpha value is -3.35. The fourth-order valence-electron chi connectivity index (χ4n) is 2.09. The van der Waals surface area contributed by atoms with Crippen LogP contribution in [0.5, 0.6) is 0 Å². The highest BCUT2D eigenvalue weighted by Gasteiger charge is 2.08. The second-order valence-electron chi connectivity index (χ2n) is 4.75. The Morgan fingerprint density at radius 2 is 1.61 bits per heavy atom. The van der Waals surface area contributed by atoms with Crippen molar-refractivity contribution in [1.82, 2.24) is 9.78 Å². The molecule has 0 aliphatic carbocycles. The molecule has 0 aliphatic heterocycles. The third kappa shape index (κ3) is 2.98.